The van der Waals surface area contributed by atoms with Gasteiger partial charge in [0.05, 0.1) is 18.5 Å². The van der Waals surface area contributed by atoms with Crippen LogP contribution in [0.2, 0.25) is 0 Å². The molecule has 1 aromatic heterocycles. The van der Waals surface area contributed by atoms with Crippen LogP contribution >= 0.6 is 0 Å². The highest BCUT2D eigenvalue weighted by Crippen LogP contribution is 2.18. The topological polar surface area (TPSA) is 111 Å². The normalized spacial score (nSPS) is 15.6. The Hall–Kier alpha value is -2.74. The minimum Gasteiger partial charge on any atom is -0.448 e. The van der Waals surface area contributed by atoms with Crippen molar-refractivity contribution in [2.45, 2.75) is 51.3 Å². The average molecular weight is 373 g/mol. The van der Waals surface area contributed by atoms with Gasteiger partial charge in [-0.1, -0.05) is 31.0 Å². The molecule has 0 aliphatic heterocycles. The highest BCUT2D eigenvalue weighted by atomic mass is 16.5. The molecule has 27 heavy (non-hydrogen) atoms. The smallest absolute Gasteiger partial charge is 0.360 e. The molecule has 0 unspecified atom stereocenters. The summed E-state index contributed by atoms with van der Waals surface area (Å²) in [6.45, 7) is 1.18. The van der Waals surface area contributed by atoms with Crippen molar-refractivity contribution in [1.82, 2.24) is 15.1 Å². The van der Waals surface area contributed by atoms with Crippen molar-refractivity contribution >= 4 is 22.6 Å². The van der Waals surface area contributed by atoms with Crippen LogP contribution in [0.5, 0.6) is 0 Å². The second-order valence-corrected chi connectivity index (χ2v) is 6.68. The molecule has 8 heteroatoms. The van der Waals surface area contributed by atoms with Gasteiger partial charge in [0.2, 0.25) is 0 Å². The van der Waals surface area contributed by atoms with Gasteiger partial charge in [-0.25, -0.2) is 9.48 Å². The molecule has 1 fully saturated rings. The summed E-state index contributed by atoms with van der Waals surface area (Å²) in [5.74, 6) is -1.13. The van der Waals surface area contributed by atoms with Gasteiger partial charge in [-0.05, 0) is 25.8 Å². The van der Waals surface area contributed by atoms with Crippen molar-refractivity contribution in [1.29, 1.82) is 0 Å². The fourth-order valence-corrected chi connectivity index (χ4v) is 3.29. The lowest BCUT2D eigenvalue weighted by Gasteiger charge is -2.17. The number of esters is 1. The lowest BCUT2D eigenvalue weighted by molar-refractivity contribution is -0.129. The summed E-state index contributed by atoms with van der Waals surface area (Å²) in [5, 5.41) is 16.7. The summed E-state index contributed by atoms with van der Waals surface area (Å²) in [4.78, 5) is 37.3. The van der Waals surface area contributed by atoms with E-state index in [9.17, 15) is 14.4 Å². The summed E-state index contributed by atoms with van der Waals surface area (Å²) in [6, 6.07) is 6.68. The van der Waals surface area contributed by atoms with Crippen LogP contribution in [0.15, 0.2) is 29.1 Å². The van der Waals surface area contributed by atoms with Crippen LogP contribution in [0.3, 0.4) is 0 Å². The average Bonchev–Trinajstić information content (AvgIpc) is 3.17. The number of amides is 1. The first-order valence-electron chi connectivity index (χ1n) is 9.13. The van der Waals surface area contributed by atoms with Gasteiger partial charge in [0.15, 0.2) is 11.8 Å². The first-order chi connectivity index (χ1) is 13.0. The Morgan fingerprint density at radius 3 is 2.63 bits per heavy atom. The maximum Gasteiger partial charge on any atom is 0.360 e. The Morgan fingerprint density at radius 2 is 1.96 bits per heavy atom. The zero-order valence-corrected chi connectivity index (χ0v) is 15.2. The van der Waals surface area contributed by atoms with E-state index in [-0.39, 0.29) is 30.8 Å². The summed E-state index contributed by atoms with van der Waals surface area (Å²) in [7, 11) is 0. The van der Waals surface area contributed by atoms with Gasteiger partial charge in [-0.2, -0.15) is 5.10 Å². The fourth-order valence-electron chi connectivity index (χ4n) is 3.29. The Balaban J connectivity index is 1.83. The van der Waals surface area contributed by atoms with E-state index < -0.39 is 17.6 Å². The summed E-state index contributed by atoms with van der Waals surface area (Å²) in [5.41, 5.74) is -0.456. The first kappa shape index (κ1) is 19.0. The van der Waals surface area contributed by atoms with E-state index >= 15 is 0 Å². The van der Waals surface area contributed by atoms with Crippen LogP contribution in [0, 0.1) is 0 Å². The lowest BCUT2D eigenvalue weighted by atomic mass is 10.1. The zero-order valence-electron chi connectivity index (χ0n) is 15.2. The van der Waals surface area contributed by atoms with Crippen LogP contribution in [0.1, 0.15) is 43.1 Å². The molecule has 1 saturated carbocycles. The number of benzene rings is 1. The molecule has 1 aliphatic rings. The molecule has 1 aliphatic carbocycles. The molecule has 1 heterocycles. The van der Waals surface area contributed by atoms with Crippen LogP contribution in [-0.4, -0.2) is 45.5 Å². The van der Waals surface area contributed by atoms with E-state index in [2.05, 4.69) is 10.4 Å². The SMILES string of the molecule is C[C@H](OC(=O)c1nn(CCO)c(=O)c2ccccc12)C(=O)NC1CCCC1. The number of ether oxygens (including phenoxy) is 1. The van der Waals surface area contributed by atoms with Crippen LogP contribution in [-0.2, 0) is 16.1 Å². The van der Waals surface area contributed by atoms with Crippen molar-refractivity contribution in [2.75, 3.05) is 6.61 Å². The monoisotopic (exact) mass is 373 g/mol. The third-order valence-corrected chi connectivity index (χ3v) is 4.73. The second-order valence-electron chi connectivity index (χ2n) is 6.68. The first-order valence-corrected chi connectivity index (χ1v) is 9.13. The molecule has 0 bridgehead atoms. The highest BCUT2D eigenvalue weighted by molar-refractivity contribution is 6.02. The summed E-state index contributed by atoms with van der Waals surface area (Å²) < 4.78 is 6.33. The number of rotatable bonds is 6. The molecule has 8 nitrogen and oxygen atoms in total. The predicted octanol–water partition coefficient (Wildman–Crippen LogP) is 0.993. The number of carbonyl (C=O) groups excluding carboxylic acids is 2. The molecule has 2 N–H and O–H groups in total. The van der Waals surface area contributed by atoms with Gasteiger partial charge in [0.25, 0.3) is 11.5 Å². The Bertz CT molecular complexity index is 902. The summed E-state index contributed by atoms with van der Waals surface area (Å²) >= 11 is 0. The largest absolute Gasteiger partial charge is 0.448 e. The zero-order chi connectivity index (χ0) is 19.4. The van der Waals surface area contributed by atoms with Crippen molar-refractivity contribution < 1.29 is 19.4 Å². The van der Waals surface area contributed by atoms with E-state index in [1.54, 1.807) is 24.3 Å². The number of carbonyl (C=O) groups is 2. The Labute approximate surface area is 156 Å². The molecule has 0 saturated heterocycles. The van der Waals surface area contributed by atoms with Gasteiger partial charge >= 0.3 is 5.97 Å². The number of hydrogen-bond donors (Lipinski definition) is 2. The molecule has 3 rings (SSSR count). The maximum atomic E-state index is 12.6. The van der Waals surface area contributed by atoms with Gasteiger partial charge in [-0.15, -0.1) is 0 Å². The van der Waals surface area contributed by atoms with Gasteiger partial charge in [0, 0.05) is 11.4 Å². The Morgan fingerprint density at radius 1 is 1.30 bits per heavy atom. The molecule has 1 amide bonds. The van der Waals surface area contributed by atoms with Crippen molar-refractivity contribution in [2.24, 2.45) is 0 Å². The molecule has 0 spiro atoms. The third kappa shape index (κ3) is 4.16. The molecule has 1 atom stereocenters. The van der Waals surface area contributed by atoms with Crippen molar-refractivity contribution in [3.05, 3.63) is 40.3 Å². The van der Waals surface area contributed by atoms with Crippen molar-refractivity contribution in [3.63, 3.8) is 0 Å². The van der Waals surface area contributed by atoms with Crippen molar-refractivity contribution in [3.8, 4) is 0 Å². The van der Waals surface area contributed by atoms with Gasteiger partial charge in [0.1, 0.15) is 0 Å². The van der Waals surface area contributed by atoms with E-state index in [0.29, 0.717) is 10.8 Å². The maximum absolute atomic E-state index is 12.6. The van der Waals surface area contributed by atoms with Crippen LogP contribution in [0.25, 0.3) is 10.8 Å². The molecule has 1 aromatic carbocycles. The quantitative estimate of drug-likeness (QED) is 0.731. The minimum absolute atomic E-state index is 0.0400. The predicted molar refractivity (Wildman–Crippen MR) is 98.4 cm³/mol. The highest BCUT2D eigenvalue weighted by Gasteiger charge is 2.25. The standard InChI is InChI=1S/C19H23N3O5/c1-12(17(24)20-13-6-2-3-7-13)27-19(26)16-14-8-4-5-9-15(14)18(25)22(21-16)10-11-23/h4-5,8-9,12-13,23H,2-3,6-7,10-11H2,1H3,(H,20,24)/t12-/m0/s1. The number of aliphatic hydroxyl groups excluding tert-OH is 1. The van der Waals surface area contributed by atoms with E-state index in [1.165, 1.54) is 6.92 Å². The van der Waals surface area contributed by atoms with Crippen LogP contribution < -0.4 is 10.9 Å². The van der Waals surface area contributed by atoms with Gasteiger partial charge in [-0.3, -0.25) is 9.59 Å². The molecule has 0 radical (unpaired) electrons. The van der Waals surface area contributed by atoms with E-state index in [0.717, 1.165) is 30.4 Å². The Kier molecular flexibility index (Phi) is 5.85. The molecule has 144 valence electrons. The number of aliphatic hydroxyl groups is 1. The van der Waals surface area contributed by atoms with E-state index in [1.807, 2.05) is 0 Å². The van der Waals surface area contributed by atoms with E-state index in [4.69, 9.17) is 9.84 Å². The second kappa shape index (κ2) is 8.30. The minimum atomic E-state index is -0.975. The summed E-state index contributed by atoms with van der Waals surface area (Å²) in [6.07, 6.45) is 3.06. The number of hydrogen-bond acceptors (Lipinski definition) is 6. The number of aromatic nitrogens is 2. The number of fused-ring (bicyclic) bond motifs is 1. The lowest BCUT2D eigenvalue weighted by Crippen LogP contribution is -2.41. The third-order valence-electron chi connectivity index (χ3n) is 4.73. The molecule has 2 aromatic rings. The molecular formula is C19H23N3O5. The van der Waals surface area contributed by atoms with Crippen LogP contribution in [0.4, 0.5) is 0 Å². The van der Waals surface area contributed by atoms with Gasteiger partial charge < -0.3 is 15.2 Å². The molecular weight excluding hydrogens is 350 g/mol. The number of nitrogens with one attached hydrogen (secondary N) is 1. The number of nitrogens with zero attached hydrogens (tertiary/aromatic N) is 2. The fraction of sp³-hybridized carbons (Fsp3) is 0.474.